The first kappa shape index (κ1) is 15.2. The Hall–Kier alpha value is -0.860. The average Bonchev–Trinajstić information content (AvgIpc) is 2.79. The highest BCUT2D eigenvalue weighted by atomic mass is 35.5. The molecule has 102 valence electrons. The Bertz CT molecular complexity index is 398. The zero-order chi connectivity index (χ0) is 12.3. The fourth-order valence-electron chi connectivity index (χ4n) is 1.64. The van der Waals surface area contributed by atoms with Crippen LogP contribution in [-0.4, -0.2) is 28.7 Å². The lowest BCUT2D eigenvalue weighted by molar-refractivity contribution is -0.118. The molecule has 1 aromatic rings. The Morgan fingerprint density at radius 3 is 2.78 bits per heavy atom. The van der Waals surface area contributed by atoms with Crippen molar-refractivity contribution in [2.45, 2.75) is 31.7 Å². The van der Waals surface area contributed by atoms with Crippen molar-refractivity contribution in [3.63, 3.8) is 0 Å². The number of anilines is 1. The first-order valence-electron chi connectivity index (χ1n) is 5.32. The monoisotopic (exact) mass is 298 g/mol. The molecular formula is C9H13ClF2N4OS. The standard InChI is InChI=1S/C9H12F2N4OS.ClH/c10-6(11)8-14-15-9(17-8)13-7(16)5-3-1-2-4-12-5;/h5-6,12H,1-4H2,(H,13,15,16);1H. The van der Waals surface area contributed by atoms with Crippen molar-refractivity contribution in [2.75, 3.05) is 11.9 Å². The van der Waals surface area contributed by atoms with E-state index in [1.54, 1.807) is 0 Å². The van der Waals surface area contributed by atoms with Crippen LogP contribution in [0.4, 0.5) is 13.9 Å². The number of halogens is 3. The molecule has 0 bridgehead atoms. The minimum absolute atomic E-state index is 0. The molecule has 18 heavy (non-hydrogen) atoms. The third-order valence-electron chi connectivity index (χ3n) is 2.48. The smallest absolute Gasteiger partial charge is 0.291 e. The SMILES string of the molecule is Cl.O=C(Nc1nnc(C(F)F)s1)C1CCCCN1. The van der Waals surface area contributed by atoms with Crippen molar-refractivity contribution >= 4 is 34.8 Å². The highest BCUT2D eigenvalue weighted by molar-refractivity contribution is 7.15. The molecule has 0 radical (unpaired) electrons. The lowest BCUT2D eigenvalue weighted by Crippen LogP contribution is -2.43. The van der Waals surface area contributed by atoms with Crippen molar-refractivity contribution in [1.29, 1.82) is 0 Å². The predicted molar refractivity (Wildman–Crippen MR) is 66.4 cm³/mol. The highest BCUT2D eigenvalue weighted by Crippen LogP contribution is 2.25. The lowest BCUT2D eigenvalue weighted by Gasteiger charge is -2.21. The second-order valence-electron chi connectivity index (χ2n) is 3.74. The van der Waals surface area contributed by atoms with Gasteiger partial charge in [-0.2, -0.15) is 0 Å². The molecule has 0 aromatic carbocycles. The molecule has 1 unspecified atom stereocenters. The van der Waals surface area contributed by atoms with Gasteiger partial charge in [0.25, 0.3) is 6.43 Å². The molecule has 0 spiro atoms. The van der Waals surface area contributed by atoms with E-state index in [0.29, 0.717) is 11.3 Å². The number of nitrogens with one attached hydrogen (secondary N) is 2. The van der Waals surface area contributed by atoms with Gasteiger partial charge in [0.1, 0.15) is 0 Å². The topological polar surface area (TPSA) is 66.9 Å². The minimum atomic E-state index is -2.65. The summed E-state index contributed by atoms with van der Waals surface area (Å²) in [5, 5.41) is 12.1. The molecule has 1 saturated heterocycles. The largest absolute Gasteiger partial charge is 0.306 e. The molecule has 2 N–H and O–H groups in total. The average molecular weight is 299 g/mol. The molecule has 0 saturated carbocycles. The van der Waals surface area contributed by atoms with Gasteiger partial charge in [0.15, 0.2) is 5.01 Å². The fourth-order valence-corrected chi connectivity index (χ4v) is 2.24. The van der Waals surface area contributed by atoms with Gasteiger partial charge >= 0.3 is 0 Å². The molecule has 9 heteroatoms. The number of hydrogen-bond acceptors (Lipinski definition) is 5. The molecule has 0 aliphatic carbocycles. The number of hydrogen-bond donors (Lipinski definition) is 2. The highest BCUT2D eigenvalue weighted by Gasteiger charge is 2.22. The Morgan fingerprint density at radius 2 is 2.22 bits per heavy atom. The van der Waals surface area contributed by atoms with E-state index in [2.05, 4.69) is 20.8 Å². The third kappa shape index (κ3) is 3.82. The van der Waals surface area contributed by atoms with Crippen LogP contribution in [0.3, 0.4) is 0 Å². The van der Waals surface area contributed by atoms with Crippen LogP contribution in [0, 0.1) is 0 Å². The first-order chi connectivity index (χ1) is 8.16. The van der Waals surface area contributed by atoms with Crippen LogP contribution < -0.4 is 10.6 Å². The summed E-state index contributed by atoms with van der Waals surface area (Å²) in [5.74, 6) is -0.235. The van der Waals surface area contributed by atoms with E-state index in [1.165, 1.54) is 0 Å². The molecule has 2 heterocycles. The molecule has 1 amide bonds. The zero-order valence-corrected chi connectivity index (χ0v) is 11.0. The molecule has 1 aliphatic heterocycles. The van der Waals surface area contributed by atoms with E-state index in [4.69, 9.17) is 0 Å². The number of amides is 1. The van der Waals surface area contributed by atoms with Crippen molar-refractivity contribution in [1.82, 2.24) is 15.5 Å². The van der Waals surface area contributed by atoms with E-state index in [9.17, 15) is 13.6 Å². The van der Waals surface area contributed by atoms with Gasteiger partial charge in [-0.05, 0) is 19.4 Å². The van der Waals surface area contributed by atoms with Crippen molar-refractivity contribution in [2.24, 2.45) is 0 Å². The molecular weight excluding hydrogens is 286 g/mol. The van der Waals surface area contributed by atoms with Crippen LogP contribution in [0.5, 0.6) is 0 Å². The number of rotatable bonds is 3. The van der Waals surface area contributed by atoms with Crippen LogP contribution in [-0.2, 0) is 4.79 Å². The third-order valence-corrected chi connectivity index (χ3v) is 3.33. The molecule has 1 aliphatic rings. The van der Waals surface area contributed by atoms with Crippen molar-refractivity contribution in [3.05, 3.63) is 5.01 Å². The number of alkyl halides is 2. The van der Waals surface area contributed by atoms with Gasteiger partial charge in [0, 0.05) is 0 Å². The molecule has 5 nitrogen and oxygen atoms in total. The van der Waals surface area contributed by atoms with E-state index in [0.717, 1.165) is 25.8 Å². The maximum Gasteiger partial charge on any atom is 0.291 e. The Morgan fingerprint density at radius 1 is 1.44 bits per heavy atom. The van der Waals surface area contributed by atoms with Crippen LogP contribution in [0.15, 0.2) is 0 Å². The quantitative estimate of drug-likeness (QED) is 0.895. The maximum absolute atomic E-state index is 12.3. The van der Waals surface area contributed by atoms with Gasteiger partial charge in [0.2, 0.25) is 11.0 Å². The summed E-state index contributed by atoms with van der Waals surface area (Å²) in [6, 6.07) is -0.261. The van der Waals surface area contributed by atoms with E-state index < -0.39 is 6.43 Å². The lowest BCUT2D eigenvalue weighted by atomic mass is 10.0. The van der Waals surface area contributed by atoms with Gasteiger partial charge in [-0.1, -0.05) is 17.8 Å². The Balaban J connectivity index is 0.00000162. The Labute approximate surface area is 113 Å². The fraction of sp³-hybridized carbons (Fsp3) is 0.667. The van der Waals surface area contributed by atoms with Crippen molar-refractivity contribution in [3.8, 4) is 0 Å². The summed E-state index contributed by atoms with van der Waals surface area (Å²) < 4.78 is 24.5. The van der Waals surface area contributed by atoms with Crippen LogP contribution in [0.2, 0.25) is 0 Å². The number of aromatic nitrogens is 2. The summed E-state index contributed by atoms with van der Waals surface area (Å²) in [6.45, 7) is 0.802. The predicted octanol–water partition coefficient (Wildman–Crippen LogP) is 1.98. The van der Waals surface area contributed by atoms with Crippen LogP contribution >= 0.6 is 23.7 Å². The summed E-state index contributed by atoms with van der Waals surface area (Å²) >= 11 is 0.701. The maximum atomic E-state index is 12.3. The summed E-state index contributed by atoms with van der Waals surface area (Å²) in [7, 11) is 0. The number of piperidine rings is 1. The minimum Gasteiger partial charge on any atom is -0.306 e. The molecule has 1 atom stereocenters. The van der Waals surface area contributed by atoms with Crippen molar-refractivity contribution < 1.29 is 13.6 Å². The second kappa shape index (κ2) is 6.91. The van der Waals surface area contributed by atoms with Gasteiger partial charge in [-0.3, -0.25) is 10.1 Å². The normalized spacial score (nSPS) is 19.4. The summed E-state index contributed by atoms with van der Waals surface area (Å²) in [5.41, 5.74) is 0. The Kier molecular flexibility index (Phi) is 5.83. The number of carbonyl (C=O) groups is 1. The van der Waals surface area contributed by atoms with Crippen LogP contribution in [0.25, 0.3) is 0 Å². The second-order valence-corrected chi connectivity index (χ2v) is 4.75. The summed E-state index contributed by atoms with van der Waals surface area (Å²) in [6.07, 6.45) is 0.152. The first-order valence-corrected chi connectivity index (χ1v) is 6.14. The zero-order valence-electron chi connectivity index (χ0n) is 9.36. The number of carbonyl (C=O) groups excluding carboxylic acids is 1. The van der Waals surface area contributed by atoms with Gasteiger partial charge in [-0.25, -0.2) is 8.78 Å². The van der Waals surface area contributed by atoms with E-state index >= 15 is 0 Å². The van der Waals surface area contributed by atoms with Gasteiger partial charge < -0.3 is 5.32 Å². The van der Waals surface area contributed by atoms with Crippen LogP contribution in [0.1, 0.15) is 30.7 Å². The van der Waals surface area contributed by atoms with E-state index in [1.807, 2.05) is 0 Å². The van der Waals surface area contributed by atoms with Gasteiger partial charge in [0.05, 0.1) is 6.04 Å². The molecule has 1 fully saturated rings. The van der Waals surface area contributed by atoms with E-state index in [-0.39, 0.29) is 34.5 Å². The summed E-state index contributed by atoms with van der Waals surface area (Å²) in [4.78, 5) is 11.7. The molecule has 2 rings (SSSR count). The number of nitrogens with zero attached hydrogens (tertiary/aromatic N) is 2. The molecule has 1 aromatic heterocycles. The van der Waals surface area contributed by atoms with Gasteiger partial charge in [-0.15, -0.1) is 22.6 Å².